The molecule has 2 aromatic heterocycles. The van der Waals surface area contributed by atoms with Crippen LogP contribution >= 0.6 is 11.3 Å². The van der Waals surface area contributed by atoms with Crippen molar-refractivity contribution in [3.8, 4) is 23.1 Å². The Morgan fingerprint density at radius 3 is 3.04 bits per heavy atom. The van der Waals surface area contributed by atoms with Crippen molar-refractivity contribution < 1.29 is 0 Å². The fraction of sp³-hybridized carbons (Fsp3) is 0.278. The first kappa shape index (κ1) is 14.2. The summed E-state index contributed by atoms with van der Waals surface area (Å²) < 4.78 is 1.83. The Balaban J connectivity index is 1.60. The molecule has 0 spiro atoms. The molecule has 114 valence electrons. The second-order valence-corrected chi connectivity index (χ2v) is 6.78. The summed E-state index contributed by atoms with van der Waals surface area (Å²) in [7, 11) is 0. The molecule has 0 N–H and O–H groups in total. The number of aryl methyl sites for hydroxylation is 1. The van der Waals surface area contributed by atoms with Gasteiger partial charge >= 0.3 is 0 Å². The first-order valence-corrected chi connectivity index (χ1v) is 8.57. The number of hydrogen-bond acceptors (Lipinski definition) is 4. The molecule has 23 heavy (non-hydrogen) atoms. The van der Waals surface area contributed by atoms with Crippen LogP contribution in [0.5, 0.6) is 0 Å². The summed E-state index contributed by atoms with van der Waals surface area (Å²) in [4.78, 5) is 4.28. The van der Waals surface area contributed by atoms with Crippen LogP contribution in [0.3, 0.4) is 0 Å². The minimum Gasteiger partial charge on any atom is -0.248 e. The van der Waals surface area contributed by atoms with Gasteiger partial charge in [-0.15, -0.1) is 16.4 Å². The molecule has 0 aliphatic heterocycles. The van der Waals surface area contributed by atoms with Gasteiger partial charge in [0.05, 0.1) is 12.7 Å². The number of benzene rings is 1. The van der Waals surface area contributed by atoms with Gasteiger partial charge in [0, 0.05) is 28.6 Å². The molecular weight excluding hydrogens is 304 g/mol. The van der Waals surface area contributed by atoms with Gasteiger partial charge in [0.25, 0.3) is 0 Å². The Hall–Kier alpha value is -2.45. The van der Waals surface area contributed by atoms with Crippen molar-refractivity contribution in [2.75, 3.05) is 0 Å². The highest BCUT2D eigenvalue weighted by Crippen LogP contribution is 2.28. The maximum Gasteiger partial charge on any atom is 0.114 e. The summed E-state index contributed by atoms with van der Waals surface area (Å²) in [6, 6.07) is 6.29. The molecule has 1 aromatic carbocycles. The third kappa shape index (κ3) is 3.33. The Labute approximate surface area is 139 Å². The molecule has 0 saturated heterocycles. The first-order chi connectivity index (χ1) is 11.3. The SMILES string of the molecule is Cc1ccc(C#CC2CC2)cc1-c1cn(Cc2nccs2)nn1. The van der Waals surface area contributed by atoms with Crippen LogP contribution < -0.4 is 0 Å². The minimum atomic E-state index is 0.610. The van der Waals surface area contributed by atoms with Crippen molar-refractivity contribution in [1.29, 1.82) is 0 Å². The van der Waals surface area contributed by atoms with Gasteiger partial charge in [0.1, 0.15) is 10.7 Å². The van der Waals surface area contributed by atoms with Gasteiger partial charge in [0.2, 0.25) is 0 Å². The zero-order chi connectivity index (χ0) is 15.6. The van der Waals surface area contributed by atoms with E-state index >= 15 is 0 Å². The largest absolute Gasteiger partial charge is 0.248 e. The molecule has 5 heteroatoms. The molecule has 0 atom stereocenters. The van der Waals surface area contributed by atoms with Crippen molar-refractivity contribution in [3.05, 3.63) is 52.1 Å². The van der Waals surface area contributed by atoms with Gasteiger partial charge in [-0.05, 0) is 37.5 Å². The molecule has 0 amide bonds. The molecule has 0 radical (unpaired) electrons. The van der Waals surface area contributed by atoms with Gasteiger partial charge in [-0.2, -0.15) is 0 Å². The van der Waals surface area contributed by atoms with Gasteiger partial charge in [-0.25, -0.2) is 9.67 Å². The molecule has 4 rings (SSSR count). The smallest absolute Gasteiger partial charge is 0.114 e. The molecule has 0 bridgehead atoms. The topological polar surface area (TPSA) is 43.6 Å². The zero-order valence-corrected chi connectivity index (χ0v) is 13.7. The molecule has 1 aliphatic rings. The van der Waals surface area contributed by atoms with E-state index in [1.165, 1.54) is 18.4 Å². The number of aromatic nitrogens is 4. The van der Waals surface area contributed by atoms with Crippen LogP contribution in [-0.2, 0) is 6.54 Å². The van der Waals surface area contributed by atoms with E-state index in [2.05, 4.69) is 52.3 Å². The van der Waals surface area contributed by atoms with Crippen LogP contribution in [0, 0.1) is 24.7 Å². The van der Waals surface area contributed by atoms with Crippen molar-refractivity contribution in [2.45, 2.75) is 26.3 Å². The van der Waals surface area contributed by atoms with Gasteiger partial charge in [0.15, 0.2) is 0 Å². The standard InChI is InChI=1S/C18H16N4S/c1-13-2-3-15(7-6-14-4-5-14)10-16(13)17-11-22(21-20-17)12-18-19-8-9-23-18/h2-3,8-11,14H,4-5,12H2,1H3. The lowest BCUT2D eigenvalue weighted by atomic mass is 10.0. The number of thiazole rings is 1. The van der Waals surface area contributed by atoms with Crippen LogP contribution in [0.1, 0.15) is 29.0 Å². The highest BCUT2D eigenvalue weighted by Gasteiger charge is 2.17. The van der Waals surface area contributed by atoms with E-state index in [1.807, 2.05) is 22.5 Å². The fourth-order valence-corrected chi connectivity index (χ4v) is 2.96. The van der Waals surface area contributed by atoms with E-state index in [1.54, 1.807) is 11.3 Å². The van der Waals surface area contributed by atoms with Crippen LogP contribution in [0.25, 0.3) is 11.3 Å². The number of hydrogen-bond donors (Lipinski definition) is 0. The summed E-state index contributed by atoms with van der Waals surface area (Å²) in [6.45, 7) is 2.75. The van der Waals surface area contributed by atoms with Crippen LogP contribution in [0.15, 0.2) is 36.0 Å². The van der Waals surface area contributed by atoms with Crippen LogP contribution in [-0.4, -0.2) is 20.0 Å². The maximum atomic E-state index is 4.32. The number of rotatable bonds is 3. The Bertz CT molecular complexity index is 879. The molecule has 2 heterocycles. The quantitative estimate of drug-likeness (QED) is 0.694. The average Bonchev–Trinajstić information content (AvgIpc) is 3.04. The van der Waals surface area contributed by atoms with Crippen molar-refractivity contribution >= 4 is 11.3 Å². The fourth-order valence-electron chi connectivity index (χ4n) is 2.36. The highest BCUT2D eigenvalue weighted by atomic mass is 32.1. The second-order valence-electron chi connectivity index (χ2n) is 5.80. The lowest BCUT2D eigenvalue weighted by Crippen LogP contribution is -1.99. The normalized spacial score (nSPS) is 13.6. The zero-order valence-electron chi connectivity index (χ0n) is 12.9. The van der Waals surface area contributed by atoms with Crippen molar-refractivity contribution in [3.63, 3.8) is 0 Å². The van der Waals surface area contributed by atoms with Gasteiger partial charge in [-0.3, -0.25) is 0 Å². The van der Waals surface area contributed by atoms with E-state index < -0.39 is 0 Å². The average molecular weight is 320 g/mol. The first-order valence-electron chi connectivity index (χ1n) is 7.69. The summed E-state index contributed by atoms with van der Waals surface area (Å²) in [6.07, 6.45) is 6.28. The lowest BCUT2D eigenvalue weighted by Gasteiger charge is -2.02. The van der Waals surface area contributed by atoms with Crippen molar-refractivity contribution in [1.82, 2.24) is 20.0 Å². The lowest BCUT2D eigenvalue weighted by molar-refractivity contribution is 0.647. The van der Waals surface area contributed by atoms with Crippen LogP contribution in [0.4, 0.5) is 0 Å². The Morgan fingerprint density at radius 1 is 1.35 bits per heavy atom. The molecule has 1 saturated carbocycles. The minimum absolute atomic E-state index is 0.610. The second kappa shape index (κ2) is 5.98. The highest BCUT2D eigenvalue weighted by molar-refractivity contribution is 7.09. The van der Waals surface area contributed by atoms with Crippen LogP contribution in [0.2, 0.25) is 0 Å². The van der Waals surface area contributed by atoms with E-state index in [-0.39, 0.29) is 0 Å². The Kier molecular flexibility index (Phi) is 3.68. The molecular formula is C18H16N4S. The predicted molar refractivity (Wildman–Crippen MR) is 91.0 cm³/mol. The van der Waals surface area contributed by atoms with E-state index in [4.69, 9.17) is 0 Å². The van der Waals surface area contributed by atoms with E-state index in [9.17, 15) is 0 Å². The maximum absolute atomic E-state index is 4.32. The van der Waals surface area contributed by atoms with E-state index in [0.717, 1.165) is 21.8 Å². The molecule has 4 nitrogen and oxygen atoms in total. The predicted octanol–water partition coefficient (Wildman–Crippen LogP) is 3.52. The summed E-state index contributed by atoms with van der Waals surface area (Å²) in [5.41, 5.74) is 4.21. The van der Waals surface area contributed by atoms with Crippen molar-refractivity contribution in [2.24, 2.45) is 5.92 Å². The third-order valence-corrected chi connectivity index (χ3v) is 4.60. The molecule has 1 aliphatic carbocycles. The third-order valence-electron chi connectivity index (χ3n) is 3.83. The summed E-state index contributed by atoms with van der Waals surface area (Å²) in [5.74, 6) is 7.19. The molecule has 1 fully saturated rings. The van der Waals surface area contributed by atoms with E-state index in [0.29, 0.717) is 12.5 Å². The molecule has 3 aromatic rings. The monoisotopic (exact) mass is 320 g/mol. The number of nitrogens with zero attached hydrogens (tertiary/aromatic N) is 4. The van der Waals surface area contributed by atoms with Gasteiger partial charge in [-0.1, -0.05) is 23.1 Å². The summed E-state index contributed by atoms with van der Waals surface area (Å²) in [5, 5.41) is 11.5. The Morgan fingerprint density at radius 2 is 2.26 bits per heavy atom. The molecule has 0 unspecified atom stereocenters. The summed E-state index contributed by atoms with van der Waals surface area (Å²) >= 11 is 1.63. The van der Waals surface area contributed by atoms with Gasteiger partial charge < -0.3 is 0 Å².